The van der Waals surface area contributed by atoms with Crippen LogP contribution in [0.5, 0.6) is 11.5 Å². The van der Waals surface area contributed by atoms with Crippen LogP contribution in [-0.2, 0) is 0 Å². The number of phenols is 1. The van der Waals surface area contributed by atoms with E-state index in [0.29, 0.717) is 18.9 Å². The van der Waals surface area contributed by atoms with Crippen molar-refractivity contribution in [3.8, 4) is 11.5 Å². The number of para-hydroxylation sites is 1. The van der Waals surface area contributed by atoms with Crippen LogP contribution >= 0.6 is 0 Å². The average molecular weight is 328 g/mol. The van der Waals surface area contributed by atoms with E-state index < -0.39 is 6.10 Å². The molecular weight excluding hydrogens is 304 g/mol. The lowest BCUT2D eigenvalue weighted by Crippen LogP contribution is -2.49. The van der Waals surface area contributed by atoms with E-state index in [0.717, 1.165) is 37.6 Å². The van der Waals surface area contributed by atoms with Crippen molar-refractivity contribution in [1.29, 1.82) is 0 Å². The minimum absolute atomic E-state index is 0.291. The van der Waals surface area contributed by atoms with Gasteiger partial charge in [0.15, 0.2) is 0 Å². The summed E-state index contributed by atoms with van der Waals surface area (Å²) < 4.78 is 5.60. The first kappa shape index (κ1) is 16.6. The molecule has 0 bridgehead atoms. The maximum atomic E-state index is 10.2. The predicted octanol–water partition coefficient (Wildman–Crippen LogP) is 1.95. The lowest BCUT2D eigenvalue weighted by molar-refractivity contribution is 0.0663. The Hall–Kier alpha value is -2.24. The zero-order valence-corrected chi connectivity index (χ0v) is 13.7. The van der Waals surface area contributed by atoms with Gasteiger partial charge in [-0.15, -0.1) is 0 Å². The highest BCUT2D eigenvalue weighted by Crippen LogP contribution is 2.19. The fourth-order valence-corrected chi connectivity index (χ4v) is 2.91. The van der Waals surface area contributed by atoms with Crippen molar-refractivity contribution in [2.75, 3.05) is 44.2 Å². The Balaban J connectivity index is 1.41. The second-order valence-corrected chi connectivity index (χ2v) is 6.08. The third-order valence-corrected chi connectivity index (χ3v) is 4.24. The van der Waals surface area contributed by atoms with E-state index >= 15 is 0 Å². The fraction of sp³-hybridized carbons (Fsp3) is 0.368. The number of aliphatic hydroxyl groups excluding tert-OH is 1. The van der Waals surface area contributed by atoms with Gasteiger partial charge in [0.25, 0.3) is 0 Å². The first-order valence-electron chi connectivity index (χ1n) is 8.33. The lowest BCUT2D eigenvalue weighted by Gasteiger charge is -2.36. The molecule has 1 atom stereocenters. The number of anilines is 1. The van der Waals surface area contributed by atoms with Gasteiger partial charge < -0.3 is 19.8 Å². The highest BCUT2D eigenvalue weighted by atomic mass is 16.5. The van der Waals surface area contributed by atoms with Crippen molar-refractivity contribution in [3.63, 3.8) is 0 Å². The Kier molecular flexibility index (Phi) is 5.56. The number of phenolic OH excluding ortho intramolecular Hbond substituents is 1. The van der Waals surface area contributed by atoms with Crippen LogP contribution in [0, 0.1) is 0 Å². The van der Waals surface area contributed by atoms with Crippen molar-refractivity contribution in [2.45, 2.75) is 6.10 Å². The van der Waals surface area contributed by atoms with E-state index in [4.69, 9.17) is 4.74 Å². The maximum absolute atomic E-state index is 10.2. The number of nitrogens with zero attached hydrogens (tertiary/aromatic N) is 2. The summed E-state index contributed by atoms with van der Waals surface area (Å²) in [6, 6.07) is 16.9. The largest absolute Gasteiger partial charge is 0.508 e. The van der Waals surface area contributed by atoms with Crippen molar-refractivity contribution in [1.82, 2.24) is 4.90 Å². The second-order valence-electron chi connectivity index (χ2n) is 6.08. The molecule has 3 rings (SSSR count). The first-order chi connectivity index (χ1) is 11.7. The highest BCUT2D eigenvalue weighted by molar-refractivity contribution is 5.49. The molecule has 1 saturated heterocycles. The van der Waals surface area contributed by atoms with Crippen LogP contribution in [0.3, 0.4) is 0 Å². The Morgan fingerprint density at radius 2 is 1.58 bits per heavy atom. The molecule has 1 unspecified atom stereocenters. The van der Waals surface area contributed by atoms with Crippen LogP contribution in [0.1, 0.15) is 0 Å². The standard InChI is InChI=1S/C19H24N2O3/c22-17-8-6-16(7-9-17)21-12-10-20(11-13-21)14-18(23)15-24-19-4-2-1-3-5-19/h1-9,18,22-23H,10-15H2. The summed E-state index contributed by atoms with van der Waals surface area (Å²) in [7, 11) is 0. The van der Waals surface area contributed by atoms with Gasteiger partial charge >= 0.3 is 0 Å². The zero-order valence-electron chi connectivity index (χ0n) is 13.7. The van der Waals surface area contributed by atoms with Gasteiger partial charge in [-0.3, -0.25) is 4.90 Å². The monoisotopic (exact) mass is 328 g/mol. The molecule has 0 saturated carbocycles. The van der Waals surface area contributed by atoms with E-state index in [1.165, 1.54) is 0 Å². The number of ether oxygens (including phenoxy) is 1. The molecule has 0 radical (unpaired) electrons. The van der Waals surface area contributed by atoms with Gasteiger partial charge in [0, 0.05) is 38.4 Å². The van der Waals surface area contributed by atoms with Crippen molar-refractivity contribution in [3.05, 3.63) is 54.6 Å². The summed E-state index contributed by atoms with van der Waals surface area (Å²) in [6.07, 6.45) is -0.495. The number of β-amino-alcohol motifs (C(OH)–C–C–N with tert-alkyl or cyclic N) is 1. The number of hydrogen-bond acceptors (Lipinski definition) is 5. The van der Waals surface area contributed by atoms with E-state index in [1.807, 2.05) is 42.5 Å². The summed E-state index contributed by atoms with van der Waals surface area (Å²) in [4.78, 5) is 4.55. The molecule has 1 heterocycles. The SMILES string of the molecule is Oc1ccc(N2CCN(CC(O)COc3ccccc3)CC2)cc1. The van der Waals surface area contributed by atoms with Gasteiger partial charge in [-0.2, -0.15) is 0 Å². The Bertz CT molecular complexity index is 610. The van der Waals surface area contributed by atoms with Crippen molar-refractivity contribution >= 4 is 5.69 Å². The quantitative estimate of drug-likeness (QED) is 0.849. The average Bonchev–Trinajstić information content (AvgIpc) is 2.62. The molecule has 1 aliphatic heterocycles. The molecule has 0 amide bonds. The van der Waals surface area contributed by atoms with Gasteiger partial charge in [0.2, 0.25) is 0 Å². The molecule has 24 heavy (non-hydrogen) atoms. The molecule has 2 aromatic rings. The first-order valence-corrected chi connectivity index (χ1v) is 8.33. The third kappa shape index (κ3) is 4.63. The number of aromatic hydroxyl groups is 1. The zero-order chi connectivity index (χ0) is 16.8. The van der Waals surface area contributed by atoms with Crippen LogP contribution in [0.2, 0.25) is 0 Å². The molecule has 5 heteroatoms. The summed E-state index contributed by atoms with van der Waals surface area (Å²) in [5, 5.41) is 19.5. The topological polar surface area (TPSA) is 56.2 Å². The van der Waals surface area contributed by atoms with Gasteiger partial charge in [-0.25, -0.2) is 0 Å². The minimum Gasteiger partial charge on any atom is -0.508 e. The van der Waals surface area contributed by atoms with Gasteiger partial charge in [0.05, 0.1) is 0 Å². The third-order valence-electron chi connectivity index (χ3n) is 4.24. The Labute approximate surface area is 142 Å². The van der Waals surface area contributed by atoms with E-state index in [-0.39, 0.29) is 0 Å². The molecule has 0 spiro atoms. The molecule has 2 N–H and O–H groups in total. The summed E-state index contributed by atoms with van der Waals surface area (Å²) in [5.41, 5.74) is 1.13. The molecule has 1 fully saturated rings. The number of piperazine rings is 1. The number of aliphatic hydroxyl groups is 1. The highest BCUT2D eigenvalue weighted by Gasteiger charge is 2.19. The Morgan fingerprint density at radius 3 is 2.25 bits per heavy atom. The summed E-state index contributed by atoms with van der Waals surface area (Å²) in [5.74, 6) is 1.08. The summed E-state index contributed by atoms with van der Waals surface area (Å²) in [6.45, 7) is 4.57. The maximum Gasteiger partial charge on any atom is 0.119 e. The van der Waals surface area contributed by atoms with Crippen LogP contribution in [0.15, 0.2) is 54.6 Å². The molecule has 0 aliphatic carbocycles. The fourth-order valence-electron chi connectivity index (χ4n) is 2.91. The van der Waals surface area contributed by atoms with E-state index in [9.17, 15) is 10.2 Å². The van der Waals surface area contributed by atoms with Gasteiger partial charge in [-0.1, -0.05) is 18.2 Å². The molecule has 0 aromatic heterocycles. The molecule has 2 aromatic carbocycles. The number of rotatable bonds is 6. The minimum atomic E-state index is -0.495. The van der Waals surface area contributed by atoms with E-state index in [2.05, 4.69) is 9.80 Å². The number of hydrogen-bond donors (Lipinski definition) is 2. The Morgan fingerprint density at radius 1 is 0.917 bits per heavy atom. The van der Waals surface area contributed by atoms with Crippen LogP contribution in [-0.4, -0.2) is 60.5 Å². The van der Waals surface area contributed by atoms with Crippen LogP contribution < -0.4 is 9.64 Å². The molecule has 128 valence electrons. The summed E-state index contributed by atoms with van der Waals surface area (Å²) >= 11 is 0. The lowest BCUT2D eigenvalue weighted by atomic mass is 10.2. The van der Waals surface area contributed by atoms with Crippen molar-refractivity contribution < 1.29 is 14.9 Å². The van der Waals surface area contributed by atoms with Gasteiger partial charge in [-0.05, 0) is 36.4 Å². The molecule has 1 aliphatic rings. The number of benzene rings is 2. The van der Waals surface area contributed by atoms with E-state index in [1.54, 1.807) is 12.1 Å². The van der Waals surface area contributed by atoms with Crippen LogP contribution in [0.25, 0.3) is 0 Å². The second kappa shape index (κ2) is 8.04. The smallest absolute Gasteiger partial charge is 0.119 e. The molecular formula is C19H24N2O3. The van der Waals surface area contributed by atoms with Crippen molar-refractivity contribution in [2.24, 2.45) is 0 Å². The van der Waals surface area contributed by atoms with Crippen LogP contribution in [0.4, 0.5) is 5.69 Å². The predicted molar refractivity (Wildman–Crippen MR) is 94.7 cm³/mol. The molecule has 5 nitrogen and oxygen atoms in total. The van der Waals surface area contributed by atoms with Gasteiger partial charge in [0.1, 0.15) is 24.2 Å². The normalized spacial score (nSPS) is 16.8.